The van der Waals surface area contributed by atoms with Crippen LogP contribution >= 0.6 is 22.7 Å². The fourth-order valence-corrected chi connectivity index (χ4v) is 4.64. The Morgan fingerprint density at radius 3 is 1.50 bits per heavy atom. The molecule has 0 fully saturated rings. The molecule has 2 unspecified atom stereocenters. The summed E-state index contributed by atoms with van der Waals surface area (Å²) in [7, 11) is 0. The Morgan fingerprint density at radius 2 is 1.12 bits per heavy atom. The number of rotatable bonds is 18. The van der Waals surface area contributed by atoms with E-state index in [-0.39, 0.29) is 13.2 Å². The van der Waals surface area contributed by atoms with Crippen molar-refractivity contribution in [3.05, 3.63) is 107 Å². The molecule has 220 valence electrons. The van der Waals surface area contributed by atoms with Gasteiger partial charge in [-0.15, -0.1) is 0 Å². The average molecular weight is 609 g/mol. The molecule has 2 aromatic carbocycles. The van der Waals surface area contributed by atoms with Crippen molar-refractivity contribution in [2.24, 2.45) is 0 Å². The maximum Gasteiger partial charge on any atom is 0.331 e. The molecule has 2 aromatic heterocycles. The highest BCUT2D eigenvalue weighted by Crippen LogP contribution is 2.15. The lowest BCUT2D eigenvalue weighted by Crippen LogP contribution is -2.35. The van der Waals surface area contributed by atoms with Gasteiger partial charge in [-0.25, -0.2) is 19.6 Å². The number of aromatic nitrogens is 2. The van der Waals surface area contributed by atoms with Crippen LogP contribution in [0.3, 0.4) is 0 Å². The van der Waals surface area contributed by atoms with Gasteiger partial charge < -0.3 is 29.6 Å². The number of thiazole rings is 2. The molecule has 0 aliphatic carbocycles. The van der Waals surface area contributed by atoms with E-state index in [9.17, 15) is 9.59 Å². The predicted molar refractivity (Wildman–Crippen MR) is 160 cm³/mol. The zero-order chi connectivity index (χ0) is 29.2. The van der Waals surface area contributed by atoms with Crippen LogP contribution in [0.15, 0.2) is 96.0 Å². The number of hydrogen-bond acceptors (Lipinski definition) is 12. The number of nitrogens with zero attached hydrogens (tertiary/aromatic N) is 2. The van der Waals surface area contributed by atoms with Crippen LogP contribution in [0.1, 0.15) is 11.1 Å². The zero-order valence-electron chi connectivity index (χ0n) is 22.8. The van der Waals surface area contributed by atoms with Crippen LogP contribution in [0.25, 0.3) is 0 Å². The van der Waals surface area contributed by atoms with E-state index in [1.807, 2.05) is 60.7 Å². The van der Waals surface area contributed by atoms with Crippen LogP contribution in [0.2, 0.25) is 0 Å². The first-order chi connectivity index (χ1) is 20.6. The third-order valence-electron chi connectivity index (χ3n) is 5.61. The minimum atomic E-state index is -0.695. The molecule has 0 spiro atoms. The fourth-order valence-electron chi connectivity index (χ4n) is 3.65. The first-order valence-electron chi connectivity index (χ1n) is 13.3. The molecule has 42 heavy (non-hydrogen) atoms. The zero-order valence-corrected chi connectivity index (χ0v) is 24.4. The minimum absolute atomic E-state index is 0.0998. The van der Waals surface area contributed by atoms with Gasteiger partial charge in [-0.3, -0.25) is 0 Å². The molecule has 0 radical (unpaired) electrons. The lowest BCUT2D eigenvalue weighted by molar-refractivity contribution is -0.147. The third-order valence-corrected chi connectivity index (χ3v) is 6.98. The number of esters is 2. The van der Waals surface area contributed by atoms with Crippen LogP contribution in [0.4, 0.5) is 0 Å². The molecule has 2 heterocycles. The minimum Gasteiger partial charge on any atom is -0.466 e. The van der Waals surface area contributed by atoms with Gasteiger partial charge in [0.15, 0.2) is 0 Å². The van der Waals surface area contributed by atoms with Crippen molar-refractivity contribution in [3.63, 3.8) is 0 Å². The van der Waals surface area contributed by atoms with Crippen molar-refractivity contribution >= 4 is 34.6 Å². The van der Waals surface area contributed by atoms with Crippen LogP contribution in [-0.4, -0.2) is 60.4 Å². The summed E-state index contributed by atoms with van der Waals surface area (Å²) in [6.45, 7) is 2.07. The Morgan fingerprint density at radius 1 is 0.690 bits per heavy atom. The standard InChI is InChI=1S/C30H32N4O6S2/c35-27(39-25(21-37-29-33-13-15-41-29)19-31-17-23-7-3-1-4-8-23)11-12-28(36)40-26(22-38-30-34-14-16-42-30)20-32-18-24-9-5-2-6-10-24/h1-16,25-26,31-32H,17-22H2/b12-11-. The summed E-state index contributed by atoms with van der Waals surface area (Å²) in [5.41, 5.74) is 2.19. The molecular weight excluding hydrogens is 576 g/mol. The quantitative estimate of drug-likeness (QED) is 0.127. The van der Waals surface area contributed by atoms with Gasteiger partial charge in [0.05, 0.1) is 0 Å². The van der Waals surface area contributed by atoms with Gasteiger partial charge in [0.25, 0.3) is 10.4 Å². The van der Waals surface area contributed by atoms with Crippen LogP contribution in [-0.2, 0) is 32.2 Å². The van der Waals surface area contributed by atoms with Crippen LogP contribution < -0.4 is 20.1 Å². The second-order valence-electron chi connectivity index (χ2n) is 8.90. The molecule has 0 saturated heterocycles. The van der Waals surface area contributed by atoms with Gasteiger partial charge in [-0.1, -0.05) is 83.3 Å². The van der Waals surface area contributed by atoms with E-state index >= 15 is 0 Å². The Bertz CT molecular complexity index is 1240. The lowest BCUT2D eigenvalue weighted by Gasteiger charge is -2.18. The molecular formula is C30H32N4O6S2. The molecule has 0 amide bonds. The summed E-state index contributed by atoms with van der Waals surface area (Å²) in [4.78, 5) is 33.4. The third kappa shape index (κ3) is 11.8. The number of hydrogen-bond donors (Lipinski definition) is 2. The fraction of sp³-hybridized carbons (Fsp3) is 0.267. The molecule has 4 rings (SSSR count). The highest BCUT2D eigenvalue weighted by atomic mass is 32.1. The number of benzene rings is 2. The summed E-state index contributed by atoms with van der Waals surface area (Å²) < 4.78 is 22.5. The molecule has 10 nitrogen and oxygen atoms in total. The first kappa shape index (κ1) is 30.8. The Hall–Kier alpha value is -4.10. The number of nitrogens with one attached hydrogen (secondary N) is 2. The molecule has 0 aliphatic heterocycles. The largest absolute Gasteiger partial charge is 0.466 e. The molecule has 4 aromatic rings. The highest BCUT2D eigenvalue weighted by Gasteiger charge is 2.17. The van der Waals surface area contributed by atoms with E-state index in [2.05, 4.69) is 20.6 Å². The van der Waals surface area contributed by atoms with Gasteiger partial charge in [-0.05, 0) is 11.1 Å². The topological polar surface area (TPSA) is 121 Å². The summed E-state index contributed by atoms with van der Waals surface area (Å²) >= 11 is 2.69. The van der Waals surface area contributed by atoms with Gasteiger partial charge in [0.2, 0.25) is 0 Å². The molecule has 12 heteroatoms. The maximum absolute atomic E-state index is 12.6. The highest BCUT2D eigenvalue weighted by molar-refractivity contribution is 7.11. The number of carbonyl (C=O) groups is 2. The number of ether oxygens (including phenoxy) is 4. The van der Waals surface area contributed by atoms with E-state index in [1.165, 1.54) is 22.7 Å². The van der Waals surface area contributed by atoms with E-state index in [1.54, 1.807) is 23.2 Å². The Kier molecular flexibility index (Phi) is 13.0. The number of carbonyl (C=O) groups excluding carboxylic acids is 2. The smallest absolute Gasteiger partial charge is 0.331 e. The van der Waals surface area contributed by atoms with Crippen LogP contribution in [0.5, 0.6) is 10.4 Å². The normalized spacial score (nSPS) is 12.5. The predicted octanol–water partition coefficient (Wildman–Crippen LogP) is 4.02. The van der Waals surface area contributed by atoms with Crippen molar-refractivity contribution in [2.75, 3.05) is 26.3 Å². The maximum atomic E-state index is 12.6. The monoisotopic (exact) mass is 608 g/mol. The van der Waals surface area contributed by atoms with Crippen molar-refractivity contribution in [3.8, 4) is 10.4 Å². The van der Waals surface area contributed by atoms with Crippen molar-refractivity contribution < 1.29 is 28.5 Å². The second-order valence-corrected chi connectivity index (χ2v) is 10.6. The summed E-state index contributed by atoms with van der Waals surface area (Å²) in [5.74, 6) is -1.39. The average Bonchev–Trinajstić information content (AvgIpc) is 3.73. The first-order valence-corrected chi connectivity index (χ1v) is 15.0. The summed E-state index contributed by atoms with van der Waals surface area (Å²) in [6.07, 6.45) is 4.13. The van der Waals surface area contributed by atoms with Crippen molar-refractivity contribution in [1.82, 2.24) is 20.6 Å². The molecule has 2 atom stereocenters. The van der Waals surface area contributed by atoms with Crippen molar-refractivity contribution in [2.45, 2.75) is 25.3 Å². The van der Waals surface area contributed by atoms with E-state index in [0.29, 0.717) is 36.6 Å². The van der Waals surface area contributed by atoms with Gasteiger partial charge in [0.1, 0.15) is 25.4 Å². The van der Waals surface area contributed by atoms with Gasteiger partial charge >= 0.3 is 11.9 Å². The molecule has 0 bridgehead atoms. The Balaban J connectivity index is 1.27. The van der Waals surface area contributed by atoms with Crippen LogP contribution in [0, 0.1) is 0 Å². The summed E-state index contributed by atoms with van der Waals surface area (Å²) in [6, 6.07) is 19.7. The lowest BCUT2D eigenvalue weighted by atomic mass is 10.2. The van der Waals surface area contributed by atoms with E-state index < -0.39 is 24.1 Å². The molecule has 2 N–H and O–H groups in total. The van der Waals surface area contributed by atoms with E-state index in [0.717, 1.165) is 23.3 Å². The Labute approximate surface area is 252 Å². The van der Waals surface area contributed by atoms with Crippen molar-refractivity contribution in [1.29, 1.82) is 0 Å². The van der Waals surface area contributed by atoms with Gasteiger partial charge in [-0.2, -0.15) is 0 Å². The van der Waals surface area contributed by atoms with E-state index in [4.69, 9.17) is 18.9 Å². The SMILES string of the molecule is O=C(/C=C\C(=O)OC(CNCc1ccccc1)COc1nccs1)OC(CNCc1ccccc1)COc1nccs1. The second kappa shape index (κ2) is 17.7. The molecule has 0 saturated carbocycles. The molecule has 0 aliphatic rings. The van der Waals surface area contributed by atoms with Gasteiger partial charge in [0, 0.05) is 61.5 Å². The summed E-state index contributed by atoms with van der Waals surface area (Å²) in [5, 5.41) is 11.1.